The van der Waals surface area contributed by atoms with Gasteiger partial charge in [-0.1, -0.05) is 36.4 Å². The molecule has 2 rings (SSSR count). The molecule has 0 unspecified atom stereocenters. The summed E-state index contributed by atoms with van der Waals surface area (Å²) in [5.74, 6) is -0.0203. The van der Waals surface area contributed by atoms with Crippen LogP contribution in [0.5, 0.6) is 0 Å². The molecule has 2 N–H and O–H groups in total. The highest BCUT2D eigenvalue weighted by molar-refractivity contribution is 14.0. The molecule has 0 saturated carbocycles. The molecule has 0 radical (unpaired) electrons. The number of benzene rings is 2. The number of nitrogens with zero attached hydrogens (tertiary/aromatic N) is 1. The van der Waals surface area contributed by atoms with Gasteiger partial charge in [0.05, 0.1) is 19.0 Å². The van der Waals surface area contributed by atoms with Gasteiger partial charge in [0.25, 0.3) is 0 Å². The number of hydrogen-bond acceptors (Lipinski definition) is 4. The Morgan fingerprint density at radius 2 is 1.83 bits per heavy atom. The monoisotopic (exact) mass is 535 g/mol. The Balaban J connectivity index is 0.00000420. The van der Waals surface area contributed by atoms with E-state index in [2.05, 4.69) is 15.6 Å². The average Bonchev–Trinajstić information content (AvgIpc) is 2.65. The lowest BCUT2D eigenvalue weighted by Gasteiger charge is -2.14. The molecular formula is C20H27FIN3O3S. The molecule has 9 heteroatoms. The van der Waals surface area contributed by atoms with E-state index in [-0.39, 0.29) is 36.3 Å². The topological polar surface area (TPSA) is 79.8 Å². The van der Waals surface area contributed by atoms with Crippen molar-refractivity contribution in [2.45, 2.75) is 18.9 Å². The van der Waals surface area contributed by atoms with E-state index in [1.54, 1.807) is 7.05 Å². The molecule has 0 saturated heterocycles. The number of halogens is 2. The van der Waals surface area contributed by atoms with E-state index >= 15 is 0 Å². The zero-order chi connectivity index (χ0) is 20.4. The normalized spacial score (nSPS) is 11.6. The number of nitrogens with one attached hydrogen (secondary N) is 2. The summed E-state index contributed by atoms with van der Waals surface area (Å²) in [7, 11) is -1.58. The molecule has 0 amide bonds. The van der Waals surface area contributed by atoms with Crippen LogP contribution in [0.15, 0.2) is 53.5 Å². The third-order valence-electron chi connectivity index (χ3n) is 3.91. The maximum atomic E-state index is 13.6. The second kappa shape index (κ2) is 12.8. The van der Waals surface area contributed by atoms with Gasteiger partial charge in [0.15, 0.2) is 15.8 Å². The first kappa shape index (κ1) is 25.3. The van der Waals surface area contributed by atoms with E-state index in [9.17, 15) is 12.8 Å². The van der Waals surface area contributed by atoms with Crippen LogP contribution in [0, 0.1) is 5.82 Å². The minimum Gasteiger partial charge on any atom is -0.375 e. The zero-order valence-corrected chi connectivity index (χ0v) is 19.7. The van der Waals surface area contributed by atoms with Gasteiger partial charge in [0, 0.05) is 26.4 Å². The molecule has 29 heavy (non-hydrogen) atoms. The van der Waals surface area contributed by atoms with Crippen LogP contribution >= 0.6 is 24.0 Å². The second-order valence-electron chi connectivity index (χ2n) is 6.37. The van der Waals surface area contributed by atoms with Crippen molar-refractivity contribution in [3.05, 3.63) is 71.0 Å². The van der Waals surface area contributed by atoms with Gasteiger partial charge in [0.1, 0.15) is 5.82 Å². The van der Waals surface area contributed by atoms with Crippen molar-refractivity contribution in [2.75, 3.05) is 26.5 Å². The fourth-order valence-corrected chi connectivity index (χ4v) is 3.43. The zero-order valence-electron chi connectivity index (χ0n) is 16.5. The van der Waals surface area contributed by atoms with Gasteiger partial charge in [-0.15, -0.1) is 24.0 Å². The summed E-state index contributed by atoms with van der Waals surface area (Å²) in [5.41, 5.74) is 2.25. The van der Waals surface area contributed by atoms with Gasteiger partial charge < -0.3 is 15.4 Å². The minimum absolute atomic E-state index is 0. The molecule has 0 spiro atoms. The van der Waals surface area contributed by atoms with Crippen LogP contribution in [0.2, 0.25) is 0 Å². The highest BCUT2D eigenvalue weighted by Crippen LogP contribution is 2.14. The van der Waals surface area contributed by atoms with Gasteiger partial charge in [-0.25, -0.2) is 12.8 Å². The minimum atomic E-state index is -3.21. The third kappa shape index (κ3) is 10.0. The van der Waals surface area contributed by atoms with E-state index in [0.29, 0.717) is 36.8 Å². The molecule has 0 aliphatic carbocycles. The quantitative estimate of drug-likeness (QED) is 0.224. The Hall–Kier alpha value is -1.72. The molecule has 6 nitrogen and oxygen atoms in total. The molecule has 0 fully saturated rings. The molecule has 0 aliphatic heterocycles. The molecule has 0 atom stereocenters. The summed E-state index contributed by atoms with van der Waals surface area (Å²) in [5, 5.41) is 6.18. The third-order valence-corrected chi connectivity index (χ3v) is 4.74. The van der Waals surface area contributed by atoms with Gasteiger partial charge in [-0.2, -0.15) is 0 Å². The molecule has 2 aromatic rings. The lowest BCUT2D eigenvalue weighted by molar-refractivity contribution is 0.125. The van der Waals surface area contributed by atoms with Crippen LogP contribution in [-0.2, 0) is 33.5 Å². The van der Waals surface area contributed by atoms with Crippen molar-refractivity contribution < 1.29 is 17.5 Å². The molecule has 2 aromatic carbocycles. The second-order valence-corrected chi connectivity index (χ2v) is 8.51. The van der Waals surface area contributed by atoms with E-state index in [1.807, 2.05) is 30.3 Å². The van der Waals surface area contributed by atoms with Crippen LogP contribution in [-0.4, -0.2) is 40.8 Å². The number of aliphatic imine (C=N–C) groups is 1. The van der Waals surface area contributed by atoms with Crippen LogP contribution in [0.25, 0.3) is 0 Å². The van der Waals surface area contributed by atoms with Gasteiger partial charge in [0.2, 0.25) is 0 Å². The Bertz CT molecular complexity index is 893. The highest BCUT2D eigenvalue weighted by Gasteiger charge is 2.11. The summed E-state index contributed by atoms with van der Waals surface area (Å²) >= 11 is 0. The predicted octanol–water partition coefficient (Wildman–Crippen LogP) is 2.87. The Morgan fingerprint density at radius 3 is 2.48 bits per heavy atom. The Kier molecular flexibility index (Phi) is 11.1. The lowest BCUT2D eigenvalue weighted by Crippen LogP contribution is -2.38. The van der Waals surface area contributed by atoms with E-state index in [1.165, 1.54) is 18.2 Å². The summed E-state index contributed by atoms with van der Waals surface area (Å²) in [6.07, 6.45) is 1.16. The summed E-state index contributed by atoms with van der Waals surface area (Å²) in [6.45, 7) is 1.83. The van der Waals surface area contributed by atoms with Crippen molar-refractivity contribution in [3.8, 4) is 0 Å². The number of ether oxygens (including phenoxy) is 1. The molecule has 0 aliphatic rings. The number of guanidine groups is 1. The lowest BCUT2D eigenvalue weighted by atomic mass is 10.1. The maximum absolute atomic E-state index is 13.6. The van der Waals surface area contributed by atoms with Gasteiger partial charge in [-0.3, -0.25) is 4.99 Å². The van der Waals surface area contributed by atoms with Gasteiger partial charge in [-0.05, 0) is 28.8 Å². The smallest absolute Gasteiger partial charge is 0.191 e. The SMILES string of the molecule is CN=C(NCCOCc1ccccc1)NCc1cc(F)ccc1CS(C)(=O)=O.I. The van der Waals surface area contributed by atoms with E-state index < -0.39 is 15.7 Å². The van der Waals surface area contributed by atoms with Crippen molar-refractivity contribution >= 4 is 39.8 Å². The van der Waals surface area contributed by atoms with Crippen molar-refractivity contribution in [1.82, 2.24) is 10.6 Å². The Morgan fingerprint density at radius 1 is 1.10 bits per heavy atom. The fourth-order valence-electron chi connectivity index (χ4n) is 2.59. The van der Waals surface area contributed by atoms with Crippen molar-refractivity contribution in [1.29, 1.82) is 0 Å². The number of sulfone groups is 1. The molecular weight excluding hydrogens is 508 g/mol. The first-order chi connectivity index (χ1) is 13.4. The maximum Gasteiger partial charge on any atom is 0.191 e. The first-order valence-corrected chi connectivity index (χ1v) is 10.9. The van der Waals surface area contributed by atoms with Crippen molar-refractivity contribution in [2.24, 2.45) is 4.99 Å². The van der Waals surface area contributed by atoms with Crippen LogP contribution in [0.4, 0.5) is 4.39 Å². The molecule has 160 valence electrons. The predicted molar refractivity (Wildman–Crippen MR) is 125 cm³/mol. The van der Waals surface area contributed by atoms with Crippen molar-refractivity contribution in [3.63, 3.8) is 0 Å². The Labute approximate surface area is 188 Å². The largest absolute Gasteiger partial charge is 0.375 e. The van der Waals surface area contributed by atoms with Crippen LogP contribution < -0.4 is 10.6 Å². The summed E-state index contributed by atoms with van der Waals surface area (Å²) in [6, 6.07) is 14.0. The fraction of sp³-hybridized carbons (Fsp3) is 0.350. The average molecular weight is 535 g/mol. The van der Waals surface area contributed by atoms with Gasteiger partial charge >= 0.3 is 0 Å². The highest BCUT2D eigenvalue weighted by atomic mass is 127. The number of hydrogen-bond donors (Lipinski definition) is 2. The molecule has 0 heterocycles. The van der Waals surface area contributed by atoms with Crippen LogP contribution in [0.1, 0.15) is 16.7 Å². The standard InChI is InChI=1S/C20H26FN3O3S.HI/c1-22-20(23-10-11-27-14-16-6-4-3-5-7-16)24-13-18-12-19(21)9-8-17(18)15-28(2,25)26;/h3-9,12H,10-11,13-15H2,1-2H3,(H2,22,23,24);1H. The number of rotatable bonds is 9. The van der Waals surface area contributed by atoms with E-state index in [4.69, 9.17) is 4.74 Å². The van der Waals surface area contributed by atoms with Crippen LogP contribution in [0.3, 0.4) is 0 Å². The van der Waals surface area contributed by atoms with E-state index in [0.717, 1.165) is 11.8 Å². The molecule has 0 aromatic heterocycles. The summed E-state index contributed by atoms with van der Waals surface area (Å²) < 4.78 is 42.3. The summed E-state index contributed by atoms with van der Waals surface area (Å²) in [4.78, 5) is 4.11. The molecule has 0 bridgehead atoms. The first-order valence-electron chi connectivity index (χ1n) is 8.88.